The van der Waals surface area contributed by atoms with E-state index in [0.29, 0.717) is 5.75 Å². The third kappa shape index (κ3) is 3.16. The van der Waals surface area contributed by atoms with Crippen LogP contribution in [0.15, 0.2) is 36.7 Å². The number of pyridine rings is 1. The van der Waals surface area contributed by atoms with Crippen molar-refractivity contribution in [1.82, 2.24) is 4.98 Å². The molecule has 21 heavy (non-hydrogen) atoms. The van der Waals surface area contributed by atoms with Gasteiger partial charge in [0.15, 0.2) is 0 Å². The van der Waals surface area contributed by atoms with Gasteiger partial charge in [0, 0.05) is 23.5 Å². The Bertz CT molecular complexity index is 641. The van der Waals surface area contributed by atoms with E-state index in [1.807, 2.05) is 0 Å². The Kier molecular flexibility index (Phi) is 4.18. The molecule has 1 aromatic heterocycles. The number of hydrogen-bond donors (Lipinski definition) is 1. The maximum Gasteiger partial charge on any atom is 0.416 e. The summed E-state index contributed by atoms with van der Waals surface area (Å²) in [5.74, 6) is 0.324. The Morgan fingerprint density at radius 1 is 1.19 bits per heavy atom. The molecule has 0 saturated heterocycles. The molecule has 2 aromatic rings. The van der Waals surface area contributed by atoms with Crippen LogP contribution in [0.1, 0.15) is 28.4 Å². The monoisotopic (exact) mass is 297 g/mol. The molecule has 0 aliphatic heterocycles. The van der Waals surface area contributed by atoms with E-state index in [1.54, 1.807) is 25.1 Å². The SMILES string of the molecule is COc1ccc(C)cc1C(O)c1cnccc1C(F)(F)F. The second kappa shape index (κ2) is 5.73. The number of methoxy groups -OCH3 is 1. The summed E-state index contributed by atoms with van der Waals surface area (Å²) in [6.45, 7) is 1.78. The van der Waals surface area contributed by atoms with Gasteiger partial charge in [-0.05, 0) is 25.1 Å². The zero-order valence-corrected chi connectivity index (χ0v) is 11.5. The lowest BCUT2D eigenvalue weighted by atomic mass is 9.96. The maximum atomic E-state index is 13.0. The van der Waals surface area contributed by atoms with Crippen molar-refractivity contribution in [3.05, 3.63) is 58.9 Å². The molecule has 0 spiro atoms. The fraction of sp³-hybridized carbons (Fsp3) is 0.267. The molecule has 112 valence electrons. The van der Waals surface area contributed by atoms with E-state index in [1.165, 1.54) is 7.11 Å². The third-order valence-corrected chi connectivity index (χ3v) is 3.13. The Hall–Kier alpha value is -2.08. The molecule has 0 saturated carbocycles. The summed E-state index contributed by atoms with van der Waals surface area (Å²) in [5, 5.41) is 10.4. The summed E-state index contributed by atoms with van der Waals surface area (Å²) in [4.78, 5) is 3.68. The molecule has 0 aliphatic rings. The highest BCUT2D eigenvalue weighted by Gasteiger charge is 2.35. The summed E-state index contributed by atoms with van der Waals surface area (Å²) >= 11 is 0. The van der Waals surface area contributed by atoms with Gasteiger partial charge >= 0.3 is 6.18 Å². The minimum Gasteiger partial charge on any atom is -0.496 e. The highest BCUT2D eigenvalue weighted by molar-refractivity contribution is 5.44. The molecular formula is C15H14F3NO2. The van der Waals surface area contributed by atoms with Crippen molar-refractivity contribution in [2.24, 2.45) is 0 Å². The predicted molar refractivity (Wildman–Crippen MR) is 71.0 cm³/mol. The van der Waals surface area contributed by atoms with Crippen LogP contribution >= 0.6 is 0 Å². The van der Waals surface area contributed by atoms with Gasteiger partial charge in [-0.15, -0.1) is 0 Å². The van der Waals surface area contributed by atoms with Gasteiger partial charge in [-0.3, -0.25) is 4.98 Å². The molecule has 0 bridgehead atoms. The first-order valence-electron chi connectivity index (χ1n) is 6.18. The third-order valence-electron chi connectivity index (χ3n) is 3.13. The van der Waals surface area contributed by atoms with E-state index in [-0.39, 0.29) is 11.1 Å². The number of halogens is 3. The van der Waals surface area contributed by atoms with E-state index in [9.17, 15) is 18.3 Å². The number of aliphatic hydroxyl groups is 1. The normalized spacial score (nSPS) is 13.0. The van der Waals surface area contributed by atoms with Crippen molar-refractivity contribution in [3.63, 3.8) is 0 Å². The lowest BCUT2D eigenvalue weighted by Crippen LogP contribution is -2.13. The van der Waals surface area contributed by atoms with Crippen molar-refractivity contribution < 1.29 is 23.0 Å². The van der Waals surface area contributed by atoms with E-state index in [2.05, 4.69) is 4.98 Å². The zero-order valence-electron chi connectivity index (χ0n) is 11.5. The van der Waals surface area contributed by atoms with Crippen LogP contribution < -0.4 is 4.74 Å². The number of benzene rings is 1. The van der Waals surface area contributed by atoms with Crippen molar-refractivity contribution in [2.75, 3.05) is 7.11 Å². The van der Waals surface area contributed by atoms with Crippen molar-refractivity contribution in [1.29, 1.82) is 0 Å². The first kappa shape index (κ1) is 15.3. The zero-order chi connectivity index (χ0) is 15.6. The minimum atomic E-state index is -4.56. The van der Waals surface area contributed by atoms with Crippen molar-refractivity contribution >= 4 is 0 Å². The Morgan fingerprint density at radius 3 is 2.52 bits per heavy atom. The Morgan fingerprint density at radius 2 is 1.90 bits per heavy atom. The molecule has 2 rings (SSSR count). The summed E-state index contributed by atoms with van der Waals surface area (Å²) in [7, 11) is 1.40. The standard InChI is InChI=1S/C15H14F3NO2/c1-9-3-4-13(21-2)10(7-9)14(20)11-8-19-6-5-12(11)15(16,17)18/h3-8,14,20H,1-2H3. The van der Waals surface area contributed by atoms with Gasteiger partial charge < -0.3 is 9.84 Å². The molecule has 1 atom stereocenters. The Balaban J connectivity index is 2.56. The molecule has 0 radical (unpaired) electrons. The van der Waals surface area contributed by atoms with Crippen LogP contribution in [0.4, 0.5) is 13.2 Å². The smallest absolute Gasteiger partial charge is 0.416 e. The molecule has 0 fully saturated rings. The number of nitrogens with zero attached hydrogens (tertiary/aromatic N) is 1. The fourth-order valence-electron chi connectivity index (χ4n) is 2.12. The van der Waals surface area contributed by atoms with Crippen molar-refractivity contribution in [3.8, 4) is 5.75 Å². The van der Waals surface area contributed by atoms with E-state index >= 15 is 0 Å². The molecule has 0 aliphatic carbocycles. The van der Waals surface area contributed by atoms with Gasteiger partial charge in [0.2, 0.25) is 0 Å². The van der Waals surface area contributed by atoms with Crippen LogP contribution in [0.25, 0.3) is 0 Å². The van der Waals surface area contributed by atoms with Crippen LogP contribution in [0.5, 0.6) is 5.75 Å². The summed E-state index contributed by atoms with van der Waals surface area (Å²) in [5.41, 5.74) is -0.124. The second-order valence-corrected chi connectivity index (χ2v) is 4.61. The van der Waals surface area contributed by atoms with Gasteiger partial charge in [0.05, 0.1) is 12.7 Å². The summed E-state index contributed by atoms with van der Waals surface area (Å²) < 4.78 is 44.2. The van der Waals surface area contributed by atoms with Gasteiger partial charge in [0.25, 0.3) is 0 Å². The molecule has 1 unspecified atom stereocenters. The molecule has 0 amide bonds. The van der Waals surface area contributed by atoms with Gasteiger partial charge in [-0.2, -0.15) is 13.2 Å². The van der Waals surface area contributed by atoms with Crippen LogP contribution in [0.2, 0.25) is 0 Å². The number of rotatable bonds is 3. The Labute approximate surface area is 120 Å². The molecule has 3 nitrogen and oxygen atoms in total. The summed E-state index contributed by atoms with van der Waals surface area (Å²) in [6, 6.07) is 5.80. The average Bonchev–Trinajstić information content (AvgIpc) is 2.45. The van der Waals surface area contributed by atoms with Crippen LogP contribution in [0, 0.1) is 6.92 Å². The molecular weight excluding hydrogens is 283 g/mol. The van der Waals surface area contributed by atoms with E-state index < -0.39 is 17.8 Å². The topological polar surface area (TPSA) is 42.4 Å². The number of aromatic nitrogens is 1. The predicted octanol–water partition coefficient (Wildman–Crippen LogP) is 3.50. The van der Waals surface area contributed by atoms with Crippen LogP contribution in [-0.2, 0) is 6.18 Å². The second-order valence-electron chi connectivity index (χ2n) is 4.61. The maximum absolute atomic E-state index is 13.0. The molecule has 1 heterocycles. The van der Waals surface area contributed by atoms with Crippen LogP contribution in [-0.4, -0.2) is 17.2 Å². The van der Waals surface area contributed by atoms with Crippen molar-refractivity contribution in [2.45, 2.75) is 19.2 Å². The molecule has 6 heteroatoms. The molecule has 1 N–H and O–H groups in total. The first-order chi connectivity index (χ1) is 9.84. The number of alkyl halides is 3. The van der Waals surface area contributed by atoms with Crippen LogP contribution in [0.3, 0.4) is 0 Å². The van der Waals surface area contributed by atoms with E-state index in [0.717, 1.165) is 24.0 Å². The largest absolute Gasteiger partial charge is 0.496 e. The minimum absolute atomic E-state index is 0.274. The highest BCUT2D eigenvalue weighted by atomic mass is 19.4. The average molecular weight is 297 g/mol. The van der Waals surface area contributed by atoms with Gasteiger partial charge in [-0.1, -0.05) is 11.6 Å². The fourth-order valence-corrected chi connectivity index (χ4v) is 2.12. The molecule has 1 aromatic carbocycles. The lowest BCUT2D eigenvalue weighted by molar-refractivity contribution is -0.139. The number of hydrogen-bond acceptors (Lipinski definition) is 3. The van der Waals surface area contributed by atoms with E-state index in [4.69, 9.17) is 4.74 Å². The highest BCUT2D eigenvalue weighted by Crippen LogP contribution is 2.38. The summed E-state index contributed by atoms with van der Waals surface area (Å²) in [6.07, 6.45) is -3.96. The lowest BCUT2D eigenvalue weighted by Gasteiger charge is -2.19. The quantitative estimate of drug-likeness (QED) is 0.943. The number of ether oxygens (including phenoxy) is 1. The number of aryl methyl sites for hydroxylation is 1. The first-order valence-corrected chi connectivity index (χ1v) is 6.18. The van der Waals surface area contributed by atoms with Gasteiger partial charge in [0.1, 0.15) is 11.9 Å². The van der Waals surface area contributed by atoms with Gasteiger partial charge in [-0.25, -0.2) is 0 Å². The number of aliphatic hydroxyl groups excluding tert-OH is 1.